The highest BCUT2D eigenvalue weighted by Gasteiger charge is 2.27. The molecule has 2 atom stereocenters. The minimum Gasteiger partial charge on any atom is -0.424 e. The molecule has 0 aromatic heterocycles. The molecule has 0 saturated carbocycles. The molecule has 0 aliphatic rings. The SMILES string of the molecule is CC(C=O)OP(=O)(CCN)Oc1ccccc1. The molecule has 1 aromatic rings. The number of rotatable bonds is 7. The Kier molecular flexibility index (Phi) is 5.35. The molecule has 0 bridgehead atoms. The second kappa shape index (κ2) is 6.55. The van der Waals surface area contributed by atoms with Gasteiger partial charge in [-0.1, -0.05) is 18.2 Å². The Bertz CT molecular complexity index is 396. The van der Waals surface area contributed by atoms with Crippen LogP contribution in [0.1, 0.15) is 6.92 Å². The molecule has 6 heteroatoms. The van der Waals surface area contributed by atoms with Crippen molar-refractivity contribution in [1.29, 1.82) is 0 Å². The number of nitrogens with two attached hydrogens (primary N) is 1. The summed E-state index contributed by atoms with van der Waals surface area (Å²) in [4.78, 5) is 10.5. The van der Waals surface area contributed by atoms with Gasteiger partial charge in [-0.3, -0.25) is 4.52 Å². The third kappa shape index (κ3) is 4.69. The van der Waals surface area contributed by atoms with Gasteiger partial charge in [0.2, 0.25) is 0 Å². The maximum atomic E-state index is 12.3. The van der Waals surface area contributed by atoms with Crippen molar-refractivity contribution in [3.8, 4) is 5.75 Å². The predicted octanol–water partition coefficient (Wildman–Crippen LogP) is 1.82. The van der Waals surface area contributed by atoms with Crippen molar-refractivity contribution in [3.05, 3.63) is 30.3 Å². The zero-order chi connectivity index (χ0) is 12.7. The first-order valence-corrected chi connectivity index (χ1v) is 7.00. The molecule has 0 heterocycles. The Morgan fingerprint density at radius 1 is 1.41 bits per heavy atom. The highest BCUT2D eigenvalue weighted by atomic mass is 31.2. The van der Waals surface area contributed by atoms with Gasteiger partial charge in [0.25, 0.3) is 0 Å². The molecule has 0 aliphatic heterocycles. The van der Waals surface area contributed by atoms with Crippen molar-refractivity contribution in [2.45, 2.75) is 13.0 Å². The van der Waals surface area contributed by atoms with E-state index in [-0.39, 0.29) is 12.7 Å². The number of hydrogen-bond donors (Lipinski definition) is 1. The van der Waals surface area contributed by atoms with E-state index in [9.17, 15) is 9.36 Å². The average Bonchev–Trinajstić information content (AvgIpc) is 2.30. The summed E-state index contributed by atoms with van der Waals surface area (Å²) in [6.07, 6.45) is -0.145. The van der Waals surface area contributed by atoms with Gasteiger partial charge in [0, 0.05) is 6.54 Å². The summed E-state index contributed by atoms with van der Waals surface area (Å²) in [5.41, 5.74) is 5.36. The highest BCUT2D eigenvalue weighted by Crippen LogP contribution is 2.48. The molecular formula is C11H16NO4P. The molecule has 0 saturated heterocycles. The second-order valence-corrected chi connectivity index (χ2v) is 5.54. The van der Waals surface area contributed by atoms with E-state index in [0.717, 1.165) is 0 Å². The molecule has 1 aromatic carbocycles. The van der Waals surface area contributed by atoms with Crippen LogP contribution in [0.5, 0.6) is 5.75 Å². The molecule has 1 rings (SSSR count). The van der Waals surface area contributed by atoms with E-state index in [1.165, 1.54) is 6.92 Å². The van der Waals surface area contributed by atoms with E-state index in [4.69, 9.17) is 14.8 Å². The first kappa shape index (κ1) is 13.9. The van der Waals surface area contributed by atoms with Crippen LogP contribution in [0.3, 0.4) is 0 Å². The summed E-state index contributed by atoms with van der Waals surface area (Å²) in [5.74, 6) is 0.433. The number of carbonyl (C=O) groups excluding carboxylic acids is 1. The Labute approximate surface area is 100 Å². The number of para-hydroxylation sites is 1. The quantitative estimate of drug-likeness (QED) is 0.595. The van der Waals surface area contributed by atoms with Crippen molar-refractivity contribution < 1.29 is 18.4 Å². The van der Waals surface area contributed by atoms with Crippen LogP contribution >= 0.6 is 7.60 Å². The fourth-order valence-electron chi connectivity index (χ4n) is 1.20. The van der Waals surface area contributed by atoms with Crippen LogP contribution in [-0.2, 0) is 13.9 Å². The Morgan fingerprint density at radius 2 is 2.06 bits per heavy atom. The summed E-state index contributed by atoms with van der Waals surface area (Å²) >= 11 is 0. The molecule has 2 unspecified atom stereocenters. The maximum absolute atomic E-state index is 12.3. The average molecular weight is 257 g/mol. The van der Waals surface area contributed by atoms with E-state index in [2.05, 4.69) is 0 Å². The van der Waals surface area contributed by atoms with Crippen LogP contribution in [0.25, 0.3) is 0 Å². The van der Waals surface area contributed by atoms with Crippen LogP contribution in [0.2, 0.25) is 0 Å². The minimum atomic E-state index is -3.37. The van der Waals surface area contributed by atoms with E-state index in [1.807, 2.05) is 6.07 Å². The molecule has 0 amide bonds. The zero-order valence-corrected chi connectivity index (χ0v) is 10.5. The number of aldehydes is 1. The van der Waals surface area contributed by atoms with Gasteiger partial charge < -0.3 is 15.1 Å². The number of hydrogen-bond acceptors (Lipinski definition) is 5. The highest BCUT2D eigenvalue weighted by molar-refractivity contribution is 7.54. The summed E-state index contributed by atoms with van der Waals surface area (Å²) < 4.78 is 22.7. The molecule has 0 fully saturated rings. The third-order valence-corrected chi connectivity index (χ3v) is 3.86. The molecule has 17 heavy (non-hydrogen) atoms. The minimum absolute atomic E-state index is 0.0695. The van der Waals surface area contributed by atoms with Crippen molar-refractivity contribution in [2.24, 2.45) is 5.73 Å². The summed E-state index contributed by atoms with van der Waals surface area (Å²) in [6.45, 7) is 1.67. The van der Waals surface area contributed by atoms with E-state index in [0.29, 0.717) is 12.0 Å². The lowest BCUT2D eigenvalue weighted by Gasteiger charge is -2.20. The van der Waals surface area contributed by atoms with Crippen LogP contribution in [0, 0.1) is 0 Å². The standard InChI is InChI=1S/C11H16NO4P/c1-10(9-13)15-17(14,8-7-12)16-11-5-3-2-4-6-11/h2-6,9-10H,7-8,12H2,1H3. The van der Waals surface area contributed by atoms with Gasteiger partial charge in [-0.25, -0.2) is 4.57 Å². The van der Waals surface area contributed by atoms with Crippen molar-refractivity contribution in [2.75, 3.05) is 12.7 Å². The van der Waals surface area contributed by atoms with E-state index < -0.39 is 13.7 Å². The van der Waals surface area contributed by atoms with E-state index in [1.54, 1.807) is 24.3 Å². The van der Waals surface area contributed by atoms with Gasteiger partial charge in [-0.2, -0.15) is 0 Å². The van der Waals surface area contributed by atoms with Crippen LogP contribution < -0.4 is 10.3 Å². The predicted molar refractivity (Wildman–Crippen MR) is 65.2 cm³/mol. The van der Waals surface area contributed by atoms with E-state index >= 15 is 0 Å². The number of carbonyl (C=O) groups is 1. The van der Waals surface area contributed by atoms with Crippen LogP contribution in [-0.4, -0.2) is 25.1 Å². The van der Waals surface area contributed by atoms with Gasteiger partial charge >= 0.3 is 7.60 Å². The first-order valence-electron chi connectivity index (χ1n) is 5.27. The molecule has 5 nitrogen and oxygen atoms in total. The lowest BCUT2D eigenvalue weighted by atomic mass is 10.3. The topological polar surface area (TPSA) is 78.6 Å². The molecule has 2 N–H and O–H groups in total. The van der Waals surface area contributed by atoms with Crippen molar-refractivity contribution >= 4 is 13.9 Å². The molecule has 0 spiro atoms. The smallest absolute Gasteiger partial charge is 0.381 e. The number of benzene rings is 1. The summed E-state index contributed by atoms with van der Waals surface area (Å²) in [6, 6.07) is 8.66. The molecular weight excluding hydrogens is 241 g/mol. The monoisotopic (exact) mass is 257 g/mol. The molecule has 0 aliphatic carbocycles. The normalized spacial score (nSPS) is 15.9. The maximum Gasteiger partial charge on any atom is 0.381 e. The second-order valence-electron chi connectivity index (χ2n) is 3.47. The summed E-state index contributed by atoms with van der Waals surface area (Å²) in [7, 11) is -3.37. The third-order valence-electron chi connectivity index (χ3n) is 1.91. The van der Waals surface area contributed by atoms with Gasteiger partial charge in [0.1, 0.15) is 18.1 Å². The fraction of sp³-hybridized carbons (Fsp3) is 0.364. The Morgan fingerprint density at radius 3 is 2.59 bits per heavy atom. The van der Waals surface area contributed by atoms with Gasteiger partial charge in [-0.05, 0) is 19.1 Å². The summed E-state index contributed by atoms with van der Waals surface area (Å²) in [5, 5.41) is 0. The Balaban J connectivity index is 2.78. The van der Waals surface area contributed by atoms with Gasteiger partial charge in [0.05, 0.1) is 6.16 Å². The fourth-order valence-corrected chi connectivity index (χ4v) is 2.75. The lowest BCUT2D eigenvalue weighted by Crippen LogP contribution is -2.16. The first-order chi connectivity index (χ1) is 8.09. The van der Waals surface area contributed by atoms with Gasteiger partial charge in [0.15, 0.2) is 0 Å². The molecule has 0 radical (unpaired) electrons. The molecule has 94 valence electrons. The van der Waals surface area contributed by atoms with Crippen LogP contribution in [0.15, 0.2) is 30.3 Å². The van der Waals surface area contributed by atoms with Gasteiger partial charge in [-0.15, -0.1) is 0 Å². The Hall–Kier alpha value is -1.16. The zero-order valence-electron chi connectivity index (χ0n) is 9.61. The van der Waals surface area contributed by atoms with Crippen molar-refractivity contribution in [3.63, 3.8) is 0 Å². The lowest BCUT2D eigenvalue weighted by molar-refractivity contribution is -0.113. The van der Waals surface area contributed by atoms with Crippen molar-refractivity contribution in [1.82, 2.24) is 0 Å². The largest absolute Gasteiger partial charge is 0.424 e. The van der Waals surface area contributed by atoms with Crippen LogP contribution in [0.4, 0.5) is 0 Å².